The van der Waals surface area contributed by atoms with E-state index in [1.807, 2.05) is 0 Å². The third-order valence-corrected chi connectivity index (χ3v) is 3.68. The molecule has 5 N–H and O–H groups in total. The molecule has 1 atom stereocenters. The number of rotatable bonds is 2. The van der Waals surface area contributed by atoms with E-state index < -0.39 is 17.8 Å². The fourth-order valence-electron chi connectivity index (χ4n) is 1.90. The fraction of sp³-hybridized carbons (Fsp3) is 0.333. The SMILES string of the molecule is NC(=O)c1c(N)sc2c1C[C@H](C(=O)O)C2. The van der Waals surface area contributed by atoms with Gasteiger partial charge in [0, 0.05) is 4.88 Å². The van der Waals surface area contributed by atoms with Crippen molar-refractivity contribution in [3.63, 3.8) is 0 Å². The van der Waals surface area contributed by atoms with Crippen molar-refractivity contribution in [1.29, 1.82) is 0 Å². The lowest BCUT2D eigenvalue weighted by Gasteiger charge is -2.02. The maximum absolute atomic E-state index is 11.1. The van der Waals surface area contributed by atoms with Crippen LogP contribution in [-0.2, 0) is 17.6 Å². The monoisotopic (exact) mass is 226 g/mol. The molecule has 80 valence electrons. The third kappa shape index (κ3) is 1.46. The average molecular weight is 226 g/mol. The minimum absolute atomic E-state index is 0.318. The maximum atomic E-state index is 11.1. The molecule has 0 saturated heterocycles. The van der Waals surface area contributed by atoms with Crippen LogP contribution in [0.3, 0.4) is 0 Å². The highest BCUT2D eigenvalue weighted by molar-refractivity contribution is 7.16. The molecule has 6 heteroatoms. The molecule has 0 bridgehead atoms. The minimum atomic E-state index is -0.840. The van der Waals surface area contributed by atoms with Crippen LogP contribution in [-0.4, -0.2) is 17.0 Å². The molecule has 0 aromatic carbocycles. The number of thiophene rings is 1. The van der Waals surface area contributed by atoms with Gasteiger partial charge in [-0.25, -0.2) is 0 Å². The zero-order valence-corrected chi connectivity index (χ0v) is 8.63. The van der Waals surface area contributed by atoms with Crippen molar-refractivity contribution >= 4 is 28.2 Å². The molecule has 0 saturated carbocycles. The fourth-order valence-corrected chi connectivity index (χ4v) is 3.09. The molecule has 0 fully saturated rings. The first-order valence-corrected chi connectivity index (χ1v) is 5.25. The van der Waals surface area contributed by atoms with E-state index in [0.717, 1.165) is 10.4 Å². The summed E-state index contributed by atoms with van der Waals surface area (Å²) in [6, 6.07) is 0. The Bertz CT molecular complexity index is 452. The summed E-state index contributed by atoms with van der Waals surface area (Å²) in [6.07, 6.45) is 0.809. The molecule has 1 aliphatic carbocycles. The molecule has 1 heterocycles. The van der Waals surface area contributed by atoms with Crippen molar-refractivity contribution < 1.29 is 14.7 Å². The number of carboxylic acids is 1. The molecular weight excluding hydrogens is 216 g/mol. The number of anilines is 1. The van der Waals surface area contributed by atoms with Crippen LogP contribution in [0.2, 0.25) is 0 Å². The molecule has 5 nitrogen and oxygen atoms in total. The topological polar surface area (TPSA) is 106 Å². The Balaban J connectivity index is 2.41. The number of nitrogens with two attached hydrogens (primary N) is 2. The number of aliphatic carboxylic acids is 1. The second-order valence-corrected chi connectivity index (χ2v) is 4.69. The highest BCUT2D eigenvalue weighted by Gasteiger charge is 2.33. The summed E-state index contributed by atoms with van der Waals surface area (Å²) >= 11 is 1.27. The average Bonchev–Trinajstić information content (AvgIpc) is 2.58. The predicted molar refractivity (Wildman–Crippen MR) is 55.8 cm³/mol. The molecule has 1 aliphatic rings. The van der Waals surface area contributed by atoms with Gasteiger partial charge in [0.1, 0.15) is 0 Å². The standard InChI is InChI=1S/C9H10N2O3S/c10-7(12)6-4-1-3(9(13)14)2-5(4)15-8(6)11/h3H,1-2,11H2,(H2,10,12)(H,13,14)/t3-/m0/s1. The van der Waals surface area contributed by atoms with Crippen molar-refractivity contribution in [3.8, 4) is 0 Å². The number of carbonyl (C=O) groups excluding carboxylic acids is 1. The number of carbonyl (C=O) groups is 2. The van der Waals surface area contributed by atoms with Gasteiger partial charge in [0.25, 0.3) is 5.91 Å². The largest absolute Gasteiger partial charge is 0.481 e. The Morgan fingerprint density at radius 1 is 1.40 bits per heavy atom. The van der Waals surface area contributed by atoms with Crippen LogP contribution in [0.25, 0.3) is 0 Å². The molecule has 15 heavy (non-hydrogen) atoms. The van der Waals surface area contributed by atoms with Gasteiger partial charge in [-0.15, -0.1) is 11.3 Å². The van der Waals surface area contributed by atoms with Crippen molar-refractivity contribution in [2.24, 2.45) is 11.7 Å². The molecule has 1 aromatic heterocycles. The summed E-state index contributed by atoms with van der Waals surface area (Å²) in [5.41, 5.74) is 11.9. The molecular formula is C9H10N2O3S. The van der Waals surface area contributed by atoms with E-state index in [1.165, 1.54) is 11.3 Å². The van der Waals surface area contributed by atoms with Gasteiger partial charge in [-0.05, 0) is 18.4 Å². The van der Waals surface area contributed by atoms with Crippen LogP contribution >= 0.6 is 11.3 Å². The van der Waals surface area contributed by atoms with E-state index in [2.05, 4.69) is 0 Å². The highest BCUT2D eigenvalue weighted by Crippen LogP contribution is 2.39. The number of primary amides is 1. The van der Waals surface area contributed by atoms with Crippen molar-refractivity contribution in [3.05, 3.63) is 16.0 Å². The zero-order valence-electron chi connectivity index (χ0n) is 7.82. The Morgan fingerprint density at radius 2 is 2.07 bits per heavy atom. The Kier molecular flexibility index (Phi) is 2.15. The number of carboxylic acid groups (broad SMARTS) is 1. The van der Waals surface area contributed by atoms with Crippen LogP contribution < -0.4 is 11.5 Å². The van der Waals surface area contributed by atoms with Crippen molar-refractivity contribution in [2.75, 3.05) is 5.73 Å². The summed E-state index contributed by atoms with van der Waals surface area (Å²) in [5.74, 6) is -1.85. The first-order valence-electron chi connectivity index (χ1n) is 4.43. The van der Waals surface area contributed by atoms with Gasteiger partial charge in [0.05, 0.1) is 16.5 Å². The lowest BCUT2D eigenvalue weighted by molar-refractivity contribution is -0.141. The van der Waals surface area contributed by atoms with Crippen LogP contribution in [0.4, 0.5) is 5.00 Å². The van der Waals surface area contributed by atoms with Crippen molar-refractivity contribution in [2.45, 2.75) is 12.8 Å². The van der Waals surface area contributed by atoms with Crippen LogP contribution in [0.1, 0.15) is 20.8 Å². The summed E-state index contributed by atoms with van der Waals surface area (Å²) in [7, 11) is 0. The number of hydrogen-bond acceptors (Lipinski definition) is 4. The molecule has 0 spiro atoms. The van der Waals surface area contributed by atoms with Crippen LogP contribution in [0, 0.1) is 5.92 Å². The number of amides is 1. The smallest absolute Gasteiger partial charge is 0.307 e. The van der Waals surface area contributed by atoms with Gasteiger partial charge in [-0.2, -0.15) is 0 Å². The van der Waals surface area contributed by atoms with Gasteiger partial charge in [-0.3, -0.25) is 9.59 Å². The summed E-state index contributed by atoms with van der Waals surface area (Å²) < 4.78 is 0. The summed E-state index contributed by atoms with van der Waals surface area (Å²) in [5, 5.41) is 9.26. The van der Waals surface area contributed by atoms with E-state index >= 15 is 0 Å². The van der Waals surface area contributed by atoms with Crippen LogP contribution in [0.5, 0.6) is 0 Å². The molecule has 0 radical (unpaired) electrons. The second kappa shape index (κ2) is 3.23. The third-order valence-electron chi connectivity index (χ3n) is 2.60. The van der Waals surface area contributed by atoms with Gasteiger partial charge in [0.15, 0.2) is 0 Å². The molecule has 0 aliphatic heterocycles. The number of hydrogen-bond donors (Lipinski definition) is 3. The Morgan fingerprint density at radius 3 is 2.60 bits per heavy atom. The number of fused-ring (bicyclic) bond motifs is 1. The van der Waals surface area contributed by atoms with Crippen molar-refractivity contribution in [1.82, 2.24) is 0 Å². The number of nitrogen functional groups attached to an aromatic ring is 1. The Labute approximate surface area is 89.7 Å². The first-order chi connectivity index (χ1) is 7.00. The first kappa shape index (κ1) is 9.97. The normalized spacial score (nSPS) is 18.8. The van der Waals surface area contributed by atoms with E-state index in [0.29, 0.717) is 23.4 Å². The molecule has 0 unspecified atom stereocenters. The maximum Gasteiger partial charge on any atom is 0.307 e. The lowest BCUT2D eigenvalue weighted by Crippen LogP contribution is -2.16. The van der Waals surface area contributed by atoms with Gasteiger partial charge >= 0.3 is 5.97 Å². The summed E-state index contributed by atoms with van der Waals surface area (Å²) in [4.78, 5) is 22.8. The van der Waals surface area contributed by atoms with Gasteiger partial charge in [-0.1, -0.05) is 0 Å². The predicted octanol–water partition coefficient (Wildman–Crippen LogP) is 0.229. The lowest BCUT2D eigenvalue weighted by atomic mass is 10.1. The van der Waals surface area contributed by atoms with E-state index in [4.69, 9.17) is 16.6 Å². The van der Waals surface area contributed by atoms with E-state index in [1.54, 1.807) is 0 Å². The van der Waals surface area contributed by atoms with E-state index in [9.17, 15) is 9.59 Å². The molecule has 1 amide bonds. The van der Waals surface area contributed by atoms with Crippen LogP contribution in [0.15, 0.2) is 0 Å². The molecule has 2 rings (SSSR count). The van der Waals surface area contributed by atoms with Gasteiger partial charge < -0.3 is 16.6 Å². The molecule has 1 aromatic rings. The minimum Gasteiger partial charge on any atom is -0.481 e. The quantitative estimate of drug-likeness (QED) is 0.671. The summed E-state index contributed by atoms with van der Waals surface area (Å²) in [6.45, 7) is 0. The van der Waals surface area contributed by atoms with Gasteiger partial charge in [0.2, 0.25) is 0 Å². The van der Waals surface area contributed by atoms with E-state index in [-0.39, 0.29) is 0 Å². The highest BCUT2D eigenvalue weighted by atomic mass is 32.1. The Hall–Kier alpha value is -1.56. The second-order valence-electron chi connectivity index (χ2n) is 3.55. The zero-order chi connectivity index (χ0) is 11.2.